The van der Waals surface area contributed by atoms with Gasteiger partial charge < -0.3 is 15.0 Å². The van der Waals surface area contributed by atoms with Crippen molar-refractivity contribution in [2.24, 2.45) is 0 Å². The summed E-state index contributed by atoms with van der Waals surface area (Å²) in [5, 5.41) is 2.86. The number of rotatable bonds is 4. The number of nitrogens with one attached hydrogen (secondary N) is 1. The van der Waals surface area contributed by atoms with Crippen molar-refractivity contribution in [3.8, 4) is 5.75 Å². The van der Waals surface area contributed by atoms with Gasteiger partial charge in [-0.25, -0.2) is 4.79 Å². The maximum Gasteiger partial charge on any atom is 0.412 e. The molecule has 0 spiro atoms. The minimum atomic E-state index is -0.400. The minimum absolute atomic E-state index is 0.0725. The van der Waals surface area contributed by atoms with Crippen molar-refractivity contribution in [1.82, 2.24) is 15.1 Å². The second-order valence-corrected chi connectivity index (χ2v) is 6.16. The van der Waals surface area contributed by atoms with E-state index in [0.29, 0.717) is 12.3 Å². The number of amides is 1. The fourth-order valence-corrected chi connectivity index (χ4v) is 2.44. The maximum atomic E-state index is 11.8. The number of ether oxygens (including phenoxy) is 1. The molecule has 5 heteroatoms. The molecule has 1 fully saturated rings. The van der Waals surface area contributed by atoms with Crippen LogP contribution in [0.3, 0.4) is 0 Å². The molecule has 21 heavy (non-hydrogen) atoms. The summed E-state index contributed by atoms with van der Waals surface area (Å²) in [4.78, 5) is 16.6. The van der Waals surface area contributed by atoms with Crippen LogP contribution in [0.15, 0.2) is 30.3 Å². The number of hydrogen-bond donors (Lipinski definition) is 1. The van der Waals surface area contributed by atoms with Crippen LogP contribution in [0, 0.1) is 0 Å². The molecule has 1 aromatic rings. The first-order chi connectivity index (χ1) is 9.97. The molecule has 1 aliphatic heterocycles. The number of carbonyl (C=O) groups is 1. The van der Waals surface area contributed by atoms with Crippen molar-refractivity contribution in [3.63, 3.8) is 0 Å². The molecule has 0 aliphatic carbocycles. The highest BCUT2D eigenvalue weighted by Gasteiger charge is 2.29. The van der Waals surface area contributed by atoms with E-state index < -0.39 is 6.09 Å². The minimum Gasteiger partial charge on any atom is -0.410 e. The lowest BCUT2D eigenvalue weighted by Crippen LogP contribution is -2.58. The Bertz CT molecular complexity index is 454. The van der Waals surface area contributed by atoms with Crippen LogP contribution >= 0.6 is 0 Å². The van der Waals surface area contributed by atoms with Crippen molar-refractivity contribution in [1.29, 1.82) is 0 Å². The van der Waals surface area contributed by atoms with E-state index in [0.717, 1.165) is 26.2 Å². The number of para-hydroxylation sites is 1. The number of benzene rings is 1. The summed E-state index contributed by atoms with van der Waals surface area (Å²) in [5.74, 6) is 0.562. The van der Waals surface area contributed by atoms with Gasteiger partial charge in [-0.1, -0.05) is 18.2 Å². The highest BCUT2D eigenvalue weighted by Crippen LogP contribution is 2.16. The van der Waals surface area contributed by atoms with Crippen LogP contribution in [-0.4, -0.2) is 61.2 Å². The fraction of sp³-hybridized carbons (Fsp3) is 0.562. The molecule has 116 valence electrons. The summed E-state index contributed by atoms with van der Waals surface area (Å²) in [6.45, 7) is 9.07. The van der Waals surface area contributed by atoms with Gasteiger partial charge in [-0.2, -0.15) is 0 Å². The summed E-state index contributed by atoms with van der Waals surface area (Å²) in [6, 6.07) is 9.12. The zero-order chi connectivity index (χ0) is 15.3. The lowest BCUT2D eigenvalue weighted by atomic mass is 10.0. The molecule has 0 bridgehead atoms. The van der Waals surface area contributed by atoms with Crippen molar-refractivity contribution in [2.45, 2.75) is 19.4 Å². The van der Waals surface area contributed by atoms with Gasteiger partial charge in [0.2, 0.25) is 0 Å². The molecule has 0 atom stereocenters. The Balaban J connectivity index is 1.79. The Labute approximate surface area is 126 Å². The summed E-state index contributed by atoms with van der Waals surface area (Å²) >= 11 is 0. The van der Waals surface area contributed by atoms with Crippen LogP contribution in [0.2, 0.25) is 0 Å². The third kappa shape index (κ3) is 4.72. The standard InChI is InChI=1S/C16H25N3O2/c1-16(2,19-11-9-18(3)10-12-19)13-17-15(20)21-14-7-5-4-6-8-14/h4-8H,9-13H2,1-3H3,(H,17,20). The third-order valence-electron chi connectivity index (χ3n) is 3.98. The normalized spacial score (nSPS) is 17.5. The summed E-state index contributed by atoms with van der Waals surface area (Å²) in [7, 11) is 2.14. The smallest absolute Gasteiger partial charge is 0.410 e. The monoisotopic (exact) mass is 291 g/mol. The predicted octanol–water partition coefficient (Wildman–Crippen LogP) is 1.80. The largest absolute Gasteiger partial charge is 0.412 e. The maximum absolute atomic E-state index is 11.8. The fourth-order valence-electron chi connectivity index (χ4n) is 2.44. The number of piperazine rings is 1. The molecule has 1 aromatic carbocycles. The number of nitrogens with zero attached hydrogens (tertiary/aromatic N) is 2. The van der Waals surface area contributed by atoms with Crippen LogP contribution in [0.1, 0.15) is 13.8 Å². The van der Waals surface area contributed by atoms with E-state index in [9.17, 15) is 4.79 Å². The van der Waals surface area contributed by atoms with Crippen LogP contribution in [0.25, 0.3) is 0 Å². The molecule has 0 unspecified atom stereocenters. The van der Waals surface area contributed by atoms with Gasteiger partial charge in [0.1, 0.15) is 5.75 Å². The number of hydrogen-bond acceptors (Lipinski definition) is 4. The molecule has 1 heterocycles. The van der Waals surface area contributed by atoms with Gasteiger partial charge in [-0.05, 0) is 33.0 Å². The van der Waals surface area contributed by atoms with E-state index in [-0.39, 0.29) is 5.54 Å². The van der Waals surface area contributed by atoms with Crippen molar-refractivity contribution in [2.75, 3.05) is 39.8 Å². The van der Waals surface area contributed by atoms with Gasteiger partial charge in [-0.3, -0.25) is 4.90 Å². The second-order valence-electron chi connectivity index (χ2n) is 6.16. The first-order valence-corrected chi connectivity index (χ1v) is 7.42. The molecule has 1 aliphatic rings. The average Bonchev–Trinajstić information content (AvgIpc) is 2.47. The number of carbonyl (C=O) groups excluding carboxylic acids is 1. The first-order valence-electron chi connectivity index (χ1n) is 7.42. The van der Waals surface area contributed by atoms with E-state index in [4.69, 9.17) is 4.74 Å². The van der Waals surface area contributed by atoms with E-state index in [1.165, 1.54) is 0 Å². The lowest BCUT2D eigenvalue weighted by Gasteiger charge is -2.43. The molecule has 0 saturated carbocycles. The quantitative estimate of drug-likeness (QED) is 0.919. The Morgan fingerprint density at radius 2 is 1.81 bits per heavy atom. The van der Waals surface area contributed by atoms with Gasteiger partial charge in [-0.15, -0.1) is 0 Å². The van der Waals surface area contributed by atoms with Gasteiger partial charge in [0.15, 0.2) is 0 Å². The third-order valence-corrected chi connectivity index (χ3v) is 3.98. The van der Waals surface area contributed by atoms with E-state index >= 15 is 0 Å². The molecule has 1 N–H and O–H groups in total. The number of likely N-dealkylation sites (N-methyl/N-ethyl adjacent to an activating group) is 1. The molecule has 0 aromatic heterocycles. The van der Waals surface area contributed by atoms with E-state index in [1.54, 1.807) is 12.1 Å². The van der Waals surface area contributed by atoms with Gasteiger partial charge in [0, 0.05) is 38.3 Å². The molecular formula is C16H25N3O2. The second kappa shape index (κ2) is 6.91. The predicted molar refractivity (Wildman–Crippen MR) is 83.6 cm³/mol. The van der Waals surface area contributed by atoms with Crippen LogP contribution in [0.4, 0.5) is 4.79 Å². The zero-order valence-corrected chi connectivity index (χ0v) is 13.1. The van der Waals surface area contributed by atoms with Crippen molar-refractivity contribution >= 4 is 6.09 Å². The van der Waals surface area contributed by atoms with Crippen LogP contribution < -0.4 is 10.1 Å². The molecule has 1 saturated heterocycles. The van der Waals surface area contributed by atoms with E-state index in [2.05, 4.69) is 36.0 Å². The highest BCUT2D eigenvalue weighted by atomic mass is 16.6. The van der Waals surface area contributed by atoms with Crippen LogP contribution in [-0.2, 0) is 0 Å². The van der Waals surface area contributed by atoms with Gasteiger partial charge >= 0.3 is 6.09 Å². The Hall–Kier alpha value is -1.59. The SMILES string of the molecule is CN1CCN(C(C)(C)CNC(=O)Oc2ccccc2)CC1. The summed E-state index contributed by atoms with van der Waals surface area (Å²) in [6.07, 6.45) is -0.400. The lowest BCUT2D eigenvalue weighted by molar-refractivity contribution is 0.0620. The Kier molecular flexibility index (Phi) is 5.20. The highest BCUT2D eigenvalue weighted by molar-refractivity contribution is 5.70. The Morgan fingerprint density at radius 1 is 1.19 bits per heavy atom. The molecule has 1 amide bonds. The molecular weight excluding hydrogens is 266 g/mol. The topological polar surface area (TPSA) is 44.8 Å². The summed E-state index contributed by atoms with van der Waals surface area (Å²) < 4.78 is 5.24. The van der Waals surface area contributed by atoms with Crippen LogP contribution in [0.5, 0.6) is 5.75 Å². The first kappa shape index (κ1) is 15.8. The van der Waals surface area contributed by atoms with E-state index in [1.807, 2.05) is 18.2 Å². The van der Waals surface area contributed by atoms with Gasteiger partial charge in [0.05, 0.1) is 0 Å². The van der Waals surface area contributed by atoms with Crippen molar-refractivity contribution in [3.05, 3.63) is 30.3 Å². The Morgan fingerprint density at radius 3 is 2.43 bits per heavy atom. The van der Waals surface area contributed by atoms with Gasteiger partial charge in [0.25, 0.3) is 0 Å². The average molecular weight is 291 g/mol. The zero-order valence-electron chi connectivity index (χ0n) is 13.1. The molecule has 0 radical (unpaired) electrons. The molecule has 2 rings (SSSR count). The molecule has 5 nitrogen and oxygen atoms in total. The van der Waals surface area contributed by atoms with Crippen molar-refractivity contribution < 1.29 is 9.53 Å². The summed E-state index contributed by atoms with van der Waals surface area (Å²) in [5.41, 5.74) is -0.0725.